The molecule has 1 fully saturated rings. The largest absolute Gasteiger partial charge is 0.353 e. The van der Waals surface area contributed by atoms with Gasteiger partial charge in [-0.3, -0.25) is 4.79 Å². The number of nitrogens with zero attached hydrogens (tertiary/aromatic N) is 2. The van der Waals surface area contributed by atoms with Gasteiger partial charge in [-0.05, 0) is 25.3 Å². The van der Waals surface area contributed by atoms with Crippen molar-refractivity contribution in [1.29, 1.82) is 0 Å². The van der Waals surface area contributed by atoms with Gasteiger partial charge < -0.3 is 15.6 Å². The second kappa shape index (κ2) is 7.57. The summed E-state index contributed by atoms with van der Waals surface area (Å²) in [7, 11) is 0. The summed E-state index contributed by atoms with van der Waals surface area (Å²) >= 11 is 0. The van der Waals surface area contributed by atoms with Crippen LogP contribution in [0.1, 0.15) is 44.1 Å². The highest BCUT2D eigenvalue weighted by Gasteiger charge is 2.24. The molecule has 3 N–H and O–H groups in total. The molecule has 3 rings (SSSR count). The van der Waals surface area contributed by atoms with Crippen LogP contribution in [0.5, 0.6) is 0 Å². The molecule has 0 bridgehead atoms. The summed E-state index contributed by atoms with van der Waals surface area (Å²) in [5, 5.41) is 7.08. The maximum Gasteiger partial charge on any atom is 0.229 e. The molecule has 0 aliphatic heterocycles. The second-order valence-electron chi connectivity index (χ2n) is 6.51. The van der Waals surface area contributed by atoms with Crippen LogP contribution >= 0.6 is 0 Å². The van der Waals surface area contributed by atoms with Crippen LogP contribution in [0.15, 0.2) is 28.8 Å². The van der Waals surface area contributed by atoms with Gasteiger partial charge in [0.15, 0.2) is 0 Å². The Hall–Kier alpha value is -2.21. The van der Waals surface area contributed by atoms with Gasteiger partial charge in [0.2, 0.25) is 17.6 Å². The Morgan fingerprint density at radius 1 is 1.33 bits per heavy atom. The van der Waals surface area contributed by atoms with Crippen LogP contribution in [-0.4, -0.2) is 22.1 Å². The molecular weight excluding hydrogens is 304 g/mol. The zero-order valence-corrected chi connectivity index (χ0v) is 14.0. The molecule has 1 aliphatic carbocycles. The number of nitrogens with two attached hydrogens (primary N) is 1. The third-order valence-electron chi connectivity index (χ3n) is 4.51. The first-order chi connectivity index (χ1) is 11.7. The number of amides is 1. The summed E-state index contributed by atoms with van der Waals surface area (Å²) < 4.78 is 5.32. The molecule has 128 valence electrons. The molecule has 0 spiro atoms. The van der Waals surface area contributed by atoms with Gasteiger partial charge in [0.25, 0.3) is 0 Å². The number of rotatable bonds is 6. The smallest absolute Gasteiger partial charge is 0.229 e. The summed E-state index contributed by atoms with van der Waals surface area (Å²) in [6, 6.07) is 7.75. The first-order valence-electron chi connectivity index (χ1n) is 8.58. The molecule has 1 aromatic carbocycles. The predicted molar refractivity (Wildman–Crippen MR) is 90.9 cm³/mol. The van der Waals surface area contributed by atoms with E-state index in [-0.39, 0.29) is 17.9 Å². The Bertz CT molecular complexity index is 675. The summed E-state index contributed by atoms with van der Waals surface area (Å²) in [5.74, 6) is 1.42. The number of hydrogen-bond donors (Lipinski definition) is 2. The SMILES string of the molecule is CC(Cc1nc(-c2ccc(CN)cc2)no1)NC(=O)C1CCCC1. The van der Waals surface area contributed by atoms with E-state index in [1.165, 1.54) is 0 Å². The van der Waals surface area contributed by atoms with Crippen molar-refractivity contribution in [2.45, 2.75) is 51.6 Å². The van der Waals surface area contributed by atoms with Gasteiger partial charge in [-0.1, -0.05) is 42.3 Å². The first-order valence-corrected chi connectivity index (χ1v) is 8.58. The number of aromatic nitrogens is 2. The van der Waals surface area contributed by atoms with Gasteiger partial charge in [-0.15, -0.1) is 0 Å². The molecule has 1 heterocycles. The Morgan fingerprint density at radius 2 is 2.04 bits per heavy atom. The van der Waals surface area contributed by atoms with Gasteiger partial charge in [0, 0.05) is 30.5 Å². The molecule has 0 radical (unpaired) electrons. The quantitative estimate of drug-likeness (QED) is 0.849. The minimum Gasteiger partial charge on any atom is -0.353 e. The highest BCUT2D eigenvalue weighted by atomic mass is 16.5. The van der Waals surface area contributed by atoms with Crippen LogP contribution in [-0.2, 0) is 17.8 Å². The van der Waals surface area contributed by atoms with Crippen molar-refractivity contribution in [2.75, 3.05) is 0 Å². The molecule has 1 saturated carbocycles. The van der Waals surface area contributed by atoms with Crippen molar-refractivity contribution in [2.24, 2.45) is 11.7 Å². The van der Waals surface area contributed by atoms with Crippen molar-refractivity contribution in [3.8, 4) is 11.4 Å². The summed E-state index contributed by atoms with van der Waals surface area (Å²) in [6.07, 6.45) is 4.85. The topological polar surface area (TPSA) is 94.0 Å². The highest BCUT2D eigenvalue weighted by Crippen LogP contribution is 2.25. The van der Waals surface area contributed by atoms with Crippen LogP contribution in [0.3, 0.4) is 0 Å². The van der Waals surface area contributed by atoms with Gasteiger partial charge >= 0.3 is 0 Å². The lowest BCUT2D eigenvalue weighted by atomic mass is 10.1. The van der Waals surface area contributed by atoms with Gasteiger partial charge in [0.1, 0.15) is 0 Å². The van der Waals surface area contributed by atoms with Crippen LogP contribution in [0.4, 0.5) is 0 Å². The molecule has 1 aliphatic rings. The Labute approximate surface area is 141 Å². The summed E-state index contributed by atoms with van der Waals surface area (Å²) in [5.41, 5.74) is 7.55. The van der Waals surface area contributed by atoms with E-state index in [1.807, 2.05) is 31.2 Å². The zero-order valence-electron chi connectivity index (χ0n) is 14.0. The second-order valence-corrected chi connectivity index (χ2v) is 6.51. The maximum absolute atomic E-state index is 12.1. The fraction of sp³-hybridized carbons (Fsp3) is 0.500. The average molecular weight is 328 g/mol. The lowest BCUT2D eigenvalue weighted by molar-refractivity contribution is -0.125. The van der Waals surface area contributed by atoms with E-state index in [0.717, 1.165) is 36.8 Å². The monoisotopic (exact) mass is 328 g/mol. The molecule has 1 atom stereocenters. The van der Waals surface area contributed by atoms with Gasteiger partial charge in [0.05, 0.1) is 0 Å². The van der Waals surface area contributed by atoms with E-state index < -0.39 is 0 Å². The van der Waals surface area contributed by atoms with E-state index >= 15 is 0 Å². The number of hydrogen-bond acceptors (Lipinski definition) is 5. The molecule has 24 heavy (non-hydrogen) atoms. The van der Waals surface area contributed by atoms with Gasteiger partial charge in [-0.2, -0.15) is 4.98 Å². The Kier molecular flexibility index (Phi) is 5.25. The van der Waals surface area contributed by atoms with Crippen LogP contribution in [0.2, 0.25) is 0 Å². The summed E-state index contributed by atoms with van der Waals surface area (Å²) in [4.78, 5) is 16.6. The van der Waals surface area contributed by atoms with Crippen LogP contribution < -0.4 is 11.1 Å². The minimum atomic E-state index is -0.0222. The first kappa shape index (κ1) is 16.6. The van der Waals surface area contributed by atoms with Crippen molar-refractivity contribution in [3.63, 3.8) is 0 Å². The average Bonchev–Trinajstić information content (AvgIpc) is 3.26. The van der Waals surface area contributed by atoms with Gasteiger partial charge in [-0.25, -0.2) is 0 Å². The number of carbonyl (C=O) groups excluding carboxylic acids is 1. The minimum absolute atomic E-state index is 0.0222. The lowest BCUT2D eigenvalue weighted by Gasteiger charge is -2.15. The zero-order chi connectivity index (χ0) is 16.9. The van der Waals surface area contributed by atoms with E-state index in [9.17, 15) is 4.79 Å². The molecular formula is C18H24N4O2. The molecule has 1 unspecified atom stereocenters. The molecule has 6 heteroatoms. The number of carbonyl (C=O) groups is 1. The fourth-order valence-corrected chi connectivity index (χ4v) is 3.11. The van der Waals surface area contributed by atoms with E-state index in [4.69, 9.17) is 10.3 Å². The summed E-state index contributed by atoms with van der Waals surface area (Å²) in [6.45, 7) is 2.47. The molecule has 0 saturated heterocycles. The van der Waals surface area contributed by atoms with Crippen molar-refractivity contribution in [1.82, 2.24) is 15.5 Å². The van der Waals surface area contributed by atoms with Crippen molar-refractivity contribution in [3.05, 3.63) is 35.7 Å². The molecule has 1 aromatic heterocycles. The van der Waals surface area contributed by atoms with E-state index in [2.05, 4.69) is 15.5 Å². The Balaban J connectivity index is 1.57. The molecule has 2 aromatic rings. The van der Waals surface area contributed by atoms with Crippen LogP contribution in [0, 0.1) is 5.92 Å². The lowest BCUT2D eigenvalue weighted by Crippen LogP contribution is -2.37. The normalized spacial score (nSPS) is 16.2. The van der Waals surface area contributed by atoms with Crippen LogP contribution in [0.25, 0.3) is 11.4 Å². The van der Waals surface area contributed by atoms with E-state index in [1.54, 1.807) is 0 Å². The van der Waals surface area contributed by atoms with Crippen molar-refractivity contribution >= 4 is 5.91 Å². The number of nitrogens with one attached hydrogen (secondary N) is 1. The standard InChI is InChI=1S/C18H24N4O2/c1-12(20-18(23)15-4-2-3-5-15)10-16-21-17(22-24-16)14-8-6-13(11-19)7-9-14/h6-9,12,15H,2-5,10-11,19H2,1H3,(H,20,23). The fourth-order valence-electron chi connectivity index (χ4n) is 3.11. The molecule has 6 nitrogen and oxygen atoms in total. The third kappa shape index (κ3) is 4.00. The number of benzene rings is 1. The van der Waals surface area contributed by atoms with Crippen molar-refractivity contribution < 1.29 is 9.32 Å². The maximum atomic E-state index is 12.1. The Morgan fingerprint density at radius 3 is 2.71 bits per heavy atom. The molecule has 1 amide bonds. The highest BCUT2D eigenvalue weighted by molar-refractivity contribution is 5.79. The predicted octanol–water partition coefficient (Wildman–Crippen LogP) is 2.43. The third-order valence-corrected chi connectivity index (χ3v) is 4.51. The van der Waals surface area contributed by atoms with E-state index in [0.29, 0.717) is 24.7 Å².